The minimum absolute atomic E-state index is 0.0408. The van der Waals surface area contributed by atoms with Crippen molar-refractivity contribution in [1.82, 2.24) is 0 Å². The topological polar surface area (TPSA) is 40.5 Å². The van der Waals surface area contributed by atoms with Crippen LogP contribution in [-0.2, 0) is 10.8 Å². The zero-order valence-electron chi connectivity index (χ0n) is 17.2. The van der Waals surface area contributed by atoms with E-state index in [0.29, 0.717) is 11.5 Å². The van der Waals surface area contributed by atoms with E-state index in [-0.39, 0.29) is 10.8 Å². The standard InChI is InChI=1S/C24H34O2/c1-7-24(6,20-14-9-12-18(3)22(20)26)16-10-15-23(4,5)19-13-8-11-17(2)21(19)25/h8-9,11-14,25-26H,7,10,15-16H2,1-6H3. The van der Waals surface area contributed by atoms with Gasteiger partial charge in [-0.1, -0.05) is 70.5 Å². The molecule has 2 N–H and O–H groups in total. The van der Waals surface area contributed by atoms with Crippen LogP contribution in [0.5, 0.6) is 11.5 Å². The fourth-order valence-electron chi connectivity index (χ4n) is 3.91. The Morgan fingerprint density at radius 3 is 1.81 bits per heavy atom. The fraction of sp³-hybridized carbons (Fsp3) is 0.500. The third kappa shape index (κ3) is 4.06. The molecule has 0 aromatic heterocycles. The quantitative estimate of drug-likeness (QED) is 0.593. The molecule has 2 heteroatoms. The highest BCUT2D eigenvalue weighted by Crippen LogP contribution is 2.42. The second-order valence-electron chi connectivity index (χ2n) is 8.59. The van der Waals surface area contributed by atoms with E-state index in [1.54, 1.807) is 0 Å². The number of aromatic hydroxyl groups is 2. The Morgan fingerprint density at radius 2 is 1.27 bits per heavy atom. The van der Waals surface area contributed by atoms with Gasteiger partial charge in [0, 0.05) is 5.56 Å². The number of benzene rings is 2. The molecule has 2 nitrogen and oxygen atoms in total. The van der Waals surface area contributed by atoms with E-state index < -0.39 is 0 Å². The first kappa shape index (κ1) is 20.4. The predicted molar refractivity (Wildman–Crippen MR) is 110 cm³/mol. The van der Waals surface area contributed by atoms with Gasteiger partial charge in [0.25, 0.3) is 0 Å². The first-order valence-corrected chi connectivity index (χ1v) is 9.70. The van der Waals surface area contributed by atoms with Crippen molar-refractivity contribution in [3.8, 4) is 11.5 Å². The van der Waals surface area contributed by atoms with E-state index in [0.717, 1.165) is 47.9 Å². The Morgan fingerprint density at radius 1 is 0.769 bits per heavy atom. The van der Waals surface area contributed by atoms with Gasteiger partial charge >= 0.3 is 0 Å². The first-order valence-electron chi connectivity index (χ1n) is 9.70. The Hall–Kier alpha value is -1.96. The maximum absolute atomic E-state index is 10.5. The van der Waals surface area contributed by atoms with E-state index in [4.69, 9.17) is 0 Å². The molecule has 0 aliphatic carbocycles. The van der Waals surface area contributed by atoms with Gasteiger partial charge < -0.3 is 10.2 Å². The van der Waals surface area contributed by atoms with Crippen molar-refractivity contribution in [3.63, 3.8) is 0 Å². The number of para-hydroxylation sites is 2. The summed E-state index contributed by atoms with van der Waals surface area (Å²) in [6.07, 6.45) is 4.03. The van der Waals surface area contributed by atoms with Crippen LogP contribution in [0.3, 0.4) is 0 Å². The Bertz CT molecular complexity index is 761. The summed E-state index contributed by atoms with van der Waals surface area (Å²) in [5.74, 6) is 0.861. The highest BCUT2D eigenvalue weighted by Gasteiger charge is 2.30. The molecule has 2 aromatic carbocycles. The van der Waals surface area contributed by atoms with Crippen LogP contribution in [0.25, 0.3) is 0 Å². The van der Waals surface area contributed by atoms with Crippen LogP contribution in [0.15, 0.2) is 36.4 Å². The summed E-state index contributed by atoms with van der Waals surface area (Å²) in [5.41, 5.74) is 3.82. The van der Waals surface area contributed by atoms with Gasteiger partial charge in [-0.05, 0) is 60.6 Å². The zero-order valence-corrected chi connectivity index (χ0v) is 17.2. The number of hydrogen-bond acceptors (Lipinski definition) is 2. The lowest BCUT2D eigenvalue weighted by Crippen LogP contribution is -2.24. The van der Waals surface area contributed by atoms with Crippen molar-refractivity contribution in [3.05, 3.63) is 58.7 Å². The molecular formula is C24H34O2. The number of phenols is 2. The number of phenolic OH excluding ortho intramolecular Hbond substituents is 2. The zero-order chi connectivity index (χ0) is 19.5. The van der Waals surface area contributed by atoms with Gasteiger partial charge in [-0.3, -0.25) is 0 Å². The second-order valence-corrected chi connectivity index (χ2v) is 8.59. The van der Waals surface area contributed by atoms with E-state index in [9.17, 15) is 10.2 Å². The molecular weight excluding hydrogens is 320 g/mol. The van der Waals surface area contributed by atoms with Gasteiger partial charge in [-0.15, -0.1) is 0 Å². The highest BCUT2D eigenvalue weighted by molar-refractivity contribution is 5.45. The van der Waals surface area contributed by atoms with Gasteiger partial charge in [-0.25, -0.2) is 0 Å². The van der Waals surface area contributed by atoms with Crippen LogP contribution in [0.4, 0.5) is 0 Å². The Balaban J connectivity index is 2.16. The molecule has 0 aliphatic heterocycles. The minimum Gasteiger partial charge on any atom is -0.507 e. The van der Waals surface area contributed by atoms with Gasteiger partial charge in [0.15, 0.2) is 0 Å². The molecule has 142 valence electrons. The third-order valence-corrected chi connectivity index (χ3v) is 6.17. The molecule has 0 heterocycles. The first-order chi connectivity index (χ1) is 12.1. The van der Waals surface area contributed by atoms with Crippen LogP contribution < -0.4 is 0 Å². The molecule has 0 saturated heterocycles. The molecule has 2 rings (SSSR count). The lowest BCUT2D eigenvalue weighted by atomic mass is 9.72. The highest BCUT2D eigenvalue weighted by atomic mass is 16.3. The molecule has 1 atom stereocenters. The van der Waals surface area contributed by atoms with Crippen molar-refractivity contribution in [2.75, 3.05) is 0 Å². The molecule has 0 aliphatic rings. The summed E-state index contributed by atoms with van der Waals surface area (Å²) in [7, 11) is 0. The summed E-state index contributed by atoms with van der Waals surface area (Å²) < 4.78 is 0. The Kier molecular flexibility index (Phi) is 6.05. The number of hydrogen-bond donors (Lipinski definition) is 2. The molecule has 0 fully saturated rings. The van der Waals surface area contributed by atoms with Crippen LogP contribution in [0, 0.1) is 13.8 Å². The molecule has 26 heavy (non-hydrogen) atoms. The second kappa shape index (κ2) is 7.73. The van der Waals surface area contributed by atoms with E-state index >= 15 is 0 Å². The molecule has 0 amide bonds. The van der Waals surface area contributed by atoms with Crippen LogP contribution >= 0.6 is 0 Å². The minimum atomic E-state index is -0.0839. The van der Waals surface area contributed by atoms with Gasteiger partial charge in [0.2, 0.25) is 0 Å². The largest absolute Gasteiger partial charge is 0.507 e. The smallest absolute Gasteiger partial charge is 0.122 e. The van der Waals surface area contributed by atoms with Crippen molar-refractivity contribution < 1.29 is 10.2 Å². The molecule has 0 bridgehead atoms. The molecule has 0 radical (unpaired) electrons. The summed E-state index contributed by atoms with van der Waals surface area (Å²) >= 11 is 0. The summed E-state index contributed by atoms with van der Waals surface area (Å²) in [6.45, 7) is 12.8. The predicted octanol–water partition coefficient (Wildman–Crippen LogP) is 6.53. The molecule has 1 unspecified atom stereocenters. The summed E-state index contributed by atoms with van der Waals surface area (Å²) in [6, 6.07) is 12.1. The molecule has 0 spiro atoms. The van der Waals surface area contributed by atoms with E-state index in [1.165, 1.54) is 0 Å². The van der Waals surface area contributed by atoms with Crippen LogP contribution in [0.1, 0.15) is 75.6 Å². The number of aryl methyl sites for hydroxylation is 2. The summed E-state index contributed by atoms with van der Waals surface area (Å²) in [5, 5.41) is 21.0. The average molecular weight is 355 g/mol. The lowest BCUT2D eigenvalue weighted by molar-refractivity contribution is 0.343. The van der Waals surface area contributed by atoms with Crippen molar-refractivity contribution in [2.45, 2.75) is 78.1 Å². The fourth-order valence-corrected chi connectivity index (χ4v) is 3.91. The average Bonchev–Trinajstić information content (AvgIpc) is 2.59. The molecule has 2 aromatic rings. The van der Waals surface area contributed by atoms with Crippen molar-refractivity contribution in [2.24, 2.45) is 0 Å². The SMILES string of the molecule is CCC(C)(CCCC(C)(C)c1cccc(C)c1O)c1cccc(C)c1O. The van der Waals surface area contributed by atoms with E-state index in [2.05, 4.69) is 33.8 Å². The van der Waals surface area contributed by atoms with E-state index in [1.807, 2.05) is 44.2 Å². The van der Waals surface area contributed by atoms with Crippen molar-refractivity contribution in [1.29, 1.82) is 0 Å². The lowest BCUT2D eigenvalue weighted by Gasteiger charge is -2.33. The van der Waals surface area contributed by atoms with Crippen LogP contribution in [-0.4, -0.2) is 10.2 Å². The normalized spacial score (nSPS) is 14.2. The third-order valence-electron chi connectivity index (χ3n) is 6.17. The molecule has 0 saturated carbocycles. The van der Waals surface area contributed by atoms with Gasteiger partial charge in [-0.2, -0.15) is 0 Å². The monoisotopic (exact) mass is 354 g/mol. The number of rotatable bonds is 7. The summed E-state index contributed by atoms with van der Waals surface area (Å²) in [4.78, 5) is 0. The Labute approximate surface area is 158 Å². The van der Waals surface area contributed by atoms with Crippen molar-refractivity contribution >= 4 is 0 Å². The van der Waals surface area contributed by atoms with Gasteiger partial charge in [0.05, 0.1) is 0 Å². The van der Waals surface area contributed by atoms with Gasteiger partial charge in [0.1, 0.15) is 11.5 Å². The maximum atomic E-state index is 10.5. The van der Waals surface area contributed by atoms with Crippen LogP contribution in [0.2, 0.25) is 0 Å². The maximum Gasteiger partial charge on any atom is 0.122 e.